The van der Waals surface area contributed by atoms with Crippen molar-refractivity contribution < 1.29 is 22.4 Å². The van der Waals surface area contributed by atoms with Crippen molar-refractivity contribution in [1.29, 1.82) is 0 Å². The van der Waals surface area contributed by atoms with Crippen molar-refractivity contribution in [3.63, 3.8) is 0 Å². The van der Waals surface area contributed by atoms with Crippen molar-refractivity contribution >= 4 is 18.1 Å². The molecule has 7 heteroatoms. The third-order valence-electron chi connectivity index (χ3n) is 3.62. The largest absolute Gasteiger partial charge is 0.419 e. The molecule has 0 unspecified atom stereocenters. The molecule has 0 heterocycles. The standard InChI is InChI=1S/C19H18F4N2O/c20-17-9-7-13(12-16(17)19(21,22)23)6-8-14-4-1-2-5-15(14)18(26)25-11-3-10-24/h1-2,4-9,12H,3,10-11,24H2,(H,25,26)/b8-6+. The van der Waals surface area contributed by atoms with E-state index in [0.29, 0.717) is 30.6 Å². The first-order valence-corrected chi connectivity index (χ1v) is 7.95. The molecular formula is C19H18F4N2O. The lowest BCUT2D eigenvalue weighted by atomic mass is 10.0. The van der Waals surface area contributed by atoms with Gasteiger partial charge in [0.1, 0.15) is 5.82 Å². The smallest absolute Gasteiger partial charge is 0.352 e. The number of benzene rings is 2. The third-order valence-corrected chi connectivity index (χ3v) is 3.62. The molecule has 0 spiro atoms. The summed E-state index contributed by atoms with van der Waals surface area (Å²) in [5.41, 5.74) is 5.16. The maximum Gasteiger partial charge on any atom is 0.419 e. The Hall–Kier alpha value is -2.67. The summed E-state index contributed by atoms with van der Waals surface area (Å²) in [6.07, 6.45) is -1.21. The van der Waals surface area contributed by atoms with Crippen LogP contribution in [0.1, 0.15) is 33.5 Å². The first-order chi connectivity index (χ1) is 12.3. The maximum atomic E-state index is 13.3. The van der Waals surface area contributed by atoms with E-state index in [4.69, 9.17) is 5.73 Å². The molecule has 0 saturated carbocycles. The molecule has 0 aliphatic rings. The summed E-state index contributed by atoms with van der Waals surface area (Å²) in [6.45, 7) is 0.883. The van der Waals surface area contributed by atoms with Crippen molar-refractivity contribution in [2.75, 3.05) is 13.1 Å². The Kier molecular flexibility index (Phi) is 6.52. The number of alkyl halides is 3. The molecule has 0 aromatic heterocycles. The molecule has 0 bridgehead atoms. The fraction of sp³-hybridized carbons (Fsp3) is 0.211. The fourth-order valence-corrected chi connectivity index (χ4v) is 2.30. The van der Waals surface area contributed by atoms with Crippen LogP contribution in [0.5, 0.6) is 0 Å². The second-order valence-electron chi connectivity index (χ2n) is 5.56. The molecule has 0 aliphatic carbocycles. The number of nitrogens with one attached hydrogen (secondary N) is 1. The maximum absolute atomic E-state index is 13.3. The summed E-state index contributed by atoms with van der Waals surface area (Å²) in [5, 5.41) is 2.72. The van der Waals surface area contributed by atoms with Gasteiger partial charge in [-0.15, -0.1) is 0 Å². The van der Waals surface area contributed by atoms with Crippen LogP contribution in [0.4, 0.5) is 17.6 Å². The fourth-order valence-electron chi connectivity index (χ4n) is 2.30. The average Bonchev–Trinajstić information content (AvgIpc) is 2.60. The van der Waals surface area contributed by atoms with E-state index >= 15 is 0 Å². The number of nitrogens with two attached hydrogens (primary N) is 1. The van der Waals surface area contributed by atoms with E-state index in [9.17, 15) is 22.4 Å². The number of carbonyl (C=O) groups excluding carboxylic acids is 1. The van der Waals surface area contributed by atoms with Crippen LogP contribution in [0.25, 0.3) is 12.2 Å². The van der Waals surface area contributed by atoms with Crippen LogP contribution in [-0.4, -0.2) is 19.0 Å². The van der Waals surface area contributed by atoms with Crippen LogP contribution < -0.4 is 11.1 Å². The van der Waals surface area contributed by atoms with Crippen molar-refractivity contribution in [3.8, 4) is 0 Å². The van der Waals surface area contributed by atoms with Gasteiger partial charge < -0.3 is 11.1 Å². The summed E-state index contributed by atoms with van der Waals surface area (Å²) < 4.78 is 51.7. The van der Waals surface area contributed by atoms with Gasteiger partial charge in [0.25, 0.3) is 5.91 Å². The van der Waals surface area contributed by atoms with Crippen molar-refractivity contribution in [2.45, 2.75) is 12.6 Å². The lowest BCUT2D eigenvalue weighted by Gasteiger charge is -2.09. The van der Waals surface area contributed by atoms with Gasteiger partial charge in [-0.3, -0.25) is 4.79 Å². The zero-order chi connectivity index (χ0) is 19.2. The Morgan fingerprint density at radius 3 is 2.54 bits per heavy atom. The highest BCUT2D eigenvalue weighted by Gasteiger charge is 2.33. The Labute approximate surface area is 148 Å². The molecule has 0 radical (unpaired) electrons. The summed E-state index contributed by atoms with van der Waals surface area (Å²) in [6, 6.07) is 9.43. The van der Waals surface area contributed by atoms with Crippen LogP contribution in [0.15, 0.2) is 42.5 Å². The minimum absolute atomic E-state index is 0.178. The number of hydrogen-bond donors (Lipinski definition) is 2. The summed E-state index contributed by atoms with van der Waals surface area (Å²) in [5.74, 6) is -1.62. The molecule has 0 aliphatic heterocycles. The third kappa shape index (κ3) is 5.16. The summed E-state index contributed by atoms with van der Waals surface area (Å²) in [7, 11) is 0. The highest BCUT2D eigenvalue weighted by Crippen LogP contribution is 2.32. The average molecular weight is 366 g/mol. The highest BCUT2D eigenvalue weighted by atomic mass is 19.4. The van der Waals surface area contributed by atoms with Gasteiger partial charge in [-0.25, -0.2) is 4.39 Å². The van der Waals surface area contributed by atoms with Gasteiger partial charge in [-0.1, -0.05) is 36.4 Å². The number of rotatable bonds is 6. The molecule has 138 valence electrons. The molecule has 3 nitrogen and oxygen atoms in total. The molecule has 1 amide bonds. The minimum atomic E-state index is -4.77. The Morgan fingerprint density at radius 2 is 1.85 bits per heavy atom. The number of halogens is 4. The van der Waals surface area contributed by atoms with Crippen LogP contribution in [0, 0.1) is 5.82 Å². The topological polar surface area (TPSA) is 55.1 Å². The predicted molar refractivity (Wildman–Crippen MR) is 92.8 cm³/mol. The van der Waals surface area contributed by atoms with E-state index in [-0.39, 0.29) is 11.5 Å². The molecular weight excluding hydrogens is 348 g/mol. The van der Waals surface area contributed by atoms with E-state index in [1.165, 1.54) is 18.2 Å². The lowest BCUT2D eigenvalue weighted by molar-refractivity contribution is -0.140. The lowest BCUT2D eigenvalue weighted by Crippen LogP contribution is -2.26. The van der Waals surface area contributed by atoms with Gasteiger partial charge in [0, 0.05) is 12.1 Å². The van der Waals surface area contributed by atoms with Gasteiger partial charge in [-0.05, 0) is 42.3 Å². The van der Waals surface area contributed by atoms with E-state index in [1.807, 2.05) is 0 Å². The highest BCUT2D eigenvalue weighted by molar-refractivity contribution is 5.98. The van der Waals surface area contributed by atoms with Crippen LogP contribution >= 0.6 is 0 Å². The van der Waals surface area contributed by atoms with E-state index in [1.54, 1.807) is 24.3 Å². The van der Waals surface area contributed by atoms with Crippen molar-refractivity contribution in [1.82, 2.24) is 5.32 Å². The zero-order valence-corrected chi connectivity index (χ0v) is 13.8. The molecule has 0 fully saturated rings. The molecule has 26 heavy (non-hydrogen) atoms. The Bertz CT molecular complexity index is 800. The van der Waals surface area contributed by atoms with Crippen molar-refractivity contribution in [2.24, 2.45) is 5.73 Å². The first-order valence-electron chi connectivity index (χ1n) is 7.95. The number of amides is 1. The SMILES string of the molecule is NCCCNC(=O)c1ccccc1/C=C/c1ccc(F)c(C(F)(F)F)c1. The molecule has 2 rings (SSSR count). The van der Waals surface area contributed by atoms with Crippen LogP contribution in [-0.2, 0) is 6.18 Å². The van der Waals surface area contributed by atoms with Gasteiger partial charge >= 0.3 is 6.18 Å². The van der Waals surface area contributed by atoms with Crippen molar-refractivity contribution in [3.05, 3.63) is 70.5 Å². The molecule has 0 atom stereocenters. The first kappa shape index (κ1) is 19.7. The van der Waals surface area contributed by atoms with Crippen LogP contribution in [0.2, 0.25) is 0 Å². The molecule has 3 N–H and O–H groups in total. The molecule has 2 aromatic carbocycles. The van der Waals surface area contributed by atoms with Gasteiger partial charge in [0.05, 0.1) is 5.56 Å². The number of carbonyl (C=O) groups is 1. The summed E-state index contributed by atoms with van der Waals surface area (Å²) >= 11 is 0. The minimum Gasteiger partial charge on any atom is -0.352 e. The van der Waals surface area contributed by atoms with E-state index in [0.717, 1.165) is 12.1 Å². The number of hydrogen-bond acceptors (Lipinski definition) is 2. The second-order valence-corrected chi connectivity index (χ2v) is 5.56. The Balaban J connectivity index is 2.25. The van der Waals surface area contributed by atoms with Gasteiger partial charge in [-0.2, -0.15) is 13.2 Å². The van der Waals surface area contributed by atoms with E-state index in [2.05, 4.69) is 5.32 Å². The van der Waals surface area contributed by atoms with Gasteiger partial charge in [0.2, 0.25) is 0 Å². The molecule has 2 aromatic rings. The predicted octanol–water partition coefficient (Wildman–Crippen LogP) is 4.09. The Morgan fingerprint density at radius 1 is 1.12 bits per heavy atom. The summed E-state index contributed by atoms with van der Waals surface area (Å²) in [4.78, 5) is 12.2. The second kappa shape index (κ2) is 8.62. The normalized spacial score (nSPS) is 11.7. The van der Waals surface area contributed by atoms with Crippen LogP contribution in [0.3, 0.4) is 0 Å². The van der Waals surface area contributed by atoms with Gasteiger partial charge in [0.15, 0.2) is 0 Å². The molecule has 0 saturated heterocycles. The van der Waals surface area contributed by atoms with E-state index < -0.39 is 17.6 Å². The monoisotopic (exact) mass is 366 g/mol. The zero-order valence-electron chi connectivity index (χ0n) is 13.8. The quantitative estimate of drug-likeness (QED) is 0.460.